The van der Waals surface area contributed by atoms with Crippen molar-refractivity contribution in [3.8, 4) is 0 Å². The number of furan rings is 1. The van der Waals surface area contributed by atoms with Gasteiger partial charge in [-0.1, -0.05) is 28.9 Å². The molecule has 1 heterocycles. The lowest BCUT2D eigenvalue weighted by atomic mass is 10.0. The third-order valence-electron chi connectivity index (χ3n) is 2.99. The second-order valence-corrected chi connectivity index (χ2v) is 5.41. The molecule has 2 aromatic rings. The van der Waals surface area contributed by atoms with E-state index in [2.05, 4.69) is 21.2 Å². The highest BCUT2D eigenvalue weighted by molar-refractivity contribution is 9.10. The Balaban J connectivity index is 2.21. The van der Waals surface area contributed by atoms with Crippen molar-refractivity contribution in [2.45, 2.75) is 26.3 Å². The van der Waals surface area contributed by atoms with Crippen LogP contribution < -0.4 is 5.32 Å². The summed E-state index contributed by atoms with van der Waals surface area (Å²) in [7, 11) is 0. The van der Waals surface area contributed by atoms with E-state index in [-0.39, 0.29) is 11.9 Å². The molecule has 4 heteroatoms. The number of likely N-dealkylation sites (N-methyl/N-ethyl adjacent to an activating group) is 1. The van der Waals surface area contributed by atoms with Gasteiger partial charge in [-0.15, -0.1) is 0 Å². The van der Waals surface area contributed by atoms with Gasteiger partial charge in [-0.25, -0.2) is 4.39 Å². The molecule has 2 nitrogen and oxygen atoms in total. The first-order valence-electron chi connectivity index (χ1n) is 6.33. The van der Waals surface area contributed by atoms with Gasteiger partial charge in [-0.3, -0.25) is 0 Å². The average molecular weight is 326 g/mol. The second kappa shape index (κ2) is 6.35. The summed E-state index contributed by atoms with van der Waals surface area (Å²) in [5.74, 6) is 1.52. The van der Waals surface area contributed by atoms with Crippen LogP contribution in [0, 0.1) is 12.7 Å². The summed E-state index contributed by atoms with van der Waals surface area (Å²) in [4.78, 5) is 0. The van der Waals surface area contributed by atoms with E-state index >= 15 is 0 Å². The van der Waals surface area contributed by atoms with E-state index in [0.29, 0.717) is 12.0 Å². The fourth-order valence-corrected chi connectivity index (χ4v) is 2.40. The molecule has 0 radical (unpaired) electrons. The van der Waals surface area contributed by atoms with Crippen LogP contribution in [0.2, 0.25) is 0 Å². The van der Waals surface area contributed by atoms with Crippen LogP contribution in [0.15, 0.2) is 39.2 Å². The van der Waals surface area contributed by atoms with Crippen LogP contribution in [0.3, 0.4) is 0 Å². The third kappa shape index (κ3) is 3.67. The zero-order chi connectivity index (χ0) is 13.8. The smallest absolute Gasteiger partial charge is 0.127 e. The molecular formula is C15H17BrFNO. The van der Waals surface area contributed by atoms with Crippen molar-refractivity contribution in [1.29, 1.82) is 0 Å². The Morgan fingerprint density at radius 3 is 2.68 bits per heavy atom. The molecular weight excluding hydrogens is 309 g/mol. The van der Waals surface area contributed by atoms with Gasteiger partial charge in [0.05, 0.1) is 6.04 Å². The number of rotatable bonds is 5. The summed E-state index contributed by atoms with van der Waals surface area (Å²) in [6, 6.07) is 9.02. The molecule has 0 aliphatic carbocycles. The molecule has 0 saturated carbocycles. The number of aryl methyl sites for hydroxylation is 1. The molecule has 19 heavy (non-hydrogen) atoms. The zero-order valence-corrected chi connectivity index (χ0v) is 12.6. The standard InChI is InChI=1S/C15H17BrFNO/c1-3-18-14(15-7-4-10(2)19-15)8-11-5-6-12(16)9-13(11)17/h4-7,9,14,18H,3,8H2,1-2H3. The van der Waals surface area contributed by atoms with Crippen molar-refractivity contribution in [3.05, 3.63) is 57.7 Å². The lowest BCUT2D eigenvalue weighted by Gasteiger charge is -2.16. The molecule has 0 aliphatic heterocycles. The van der Waals surface area contributed by atoms with Crippen LogP contribution in [0.5, 0.6) is 0 Å². The number of nitrogens with one attached hydrogen (secondary N) is 1. The van der Waals surface area contributed by atoms with Crippen LogP contribution in [0.4, 0.5) is 4.39 Å². The Bertz CT molecular complexity index is 553. The third-order valence-corrected chi connectivity index (χ3v) is 3.49. The van der Waals surface area contributed by atoms with E-state index in [1.165, 1.54) is 6.07 Å². The minimum atomic E-state index is -0.194. The molecule has 1 N–H and O–H groups in total. The Hall–Kier alpha value is -1.13. The fourth-order valence-electron chi connectivity index (χ4n) is 2.07. The van der Waals surface area contributed by atoms with Crippen LogP contribution in [-0.4, -0.2) is 6.54 Å². The van der Waals surface area contributed by atoms with Gasteiger partial charge in [0, 0.05) is 4.47 Å². The number of hydrogen-bond donors (Lipinski definition) is 1. The van der Waals surface area contributed by atoms with Crippen molar-refractivity contribution in [2.24, 2.45) is 0 Å². The largest absolute Gasteiger partial charge is 0.465 e. The summed E-state index contributed by atoms with van der Waals surface area (Å²) in [6.45, 7) is 4.75. The van der Waals surface area contributed by atoms with Gasteiger partial charge in [-0.2, -0.15) is 0 Å². The Kier molecular flexibility index (Phi) is 4.77. The number of halogens is 2. The van der Waals surface area contributed by atoms with Gasteiger partial charge in [-0.05, 0) is 49.7 Å². The topological polar surface area (TPSA) is 25.2 Å². The van der Waals surface area contributed by atoms with Gasteiger partial charge in [0.15, 0.2) is 0 Å². The molecule has 0 amide bonds. The first-order valence-corrected chi connectivity index (χ1v) is 7.13. The molecule has 2 rings (SSSR count). The maximum absolute atomic E-state index is 13.9. The lowest BCUT2D eigenvalue weighted by Crippen LogP contribution is -2.22. The zero-order valence-electron chi connectivity index (χ0n) is 11.0. The molecule has 0 fully saturated rings. The molecule has 0 saturated heterocycles. The first-order chi connectivity index (χ1) is 9.10. The highest BCUT2D eigenvalue weighted by atomic mass is 79.9. The van der Waals surface area contributed by atoms with E-state index in [1.807, 2.05) is 32.0 Å². The monoisotopic (exact) mass is 325 g/mol. The van der Waals surface area contributed by atoms with E-state index < -0.39 is 0 Å². The van der Waals surface area contributed by atoms with Gasteiger partial charge in [0.1, 0.15) is 17.3 Å². The highest BCUT2D eigenvalue weighted by Crippen LogP contribution is 2.23. The van der Waals surface area contributed by atoms with Gasteiger partial charge in [0.2, 0.25) is 0 Å². The van der Waals surface area contributed by atoms with Gasteiger partial charge in [0.25, 0.3) is 0 Å². The second-order valence-electron chi connectivity index (χ2n) is 4.50. The van der Waals surface area contributed by atoms with E-state index in [0.717, 1.165) is 22.5 Å². The summed E-state index contributed by atoms with van der Waals surface area (Å²) >= 11 is 3.27. The molecule has 1 atom stereocenters. The Morgan fingerprint density at radius 2 is 2.11 bits per heavy atom. The predicted molar refractivity (Wildman–Crippen MR) is 77.7 cm³/mol. The Labute approximate surface area is 121 Å². The molecule has 1 aromatic carbocycles. The molecule has 102 valence electrons. The molecule has 0 spiro atoms. The number of hydrogen-bond acceptors (Lipinski definition) is 2. The predicted octanol–water partition coefficient (Wildman–Crippen LogP) is 4.38. The van der Waals surface area contributed by atoms with Crippen molar-refractivity contribution >= 4 is 15.9 Å². The summed E-state index contributed by atoms with van der Waals surface area (Å²) in [5, 5.41) is 3.33. The van der Waals surface area contributed by atoms with Gasteiger partial charge < -0.3 is 9.73 Å². The normalized spacial score (nSPS) is 12.6. The molecule has 0 aliphatic rings. The number of benzene rings is 1. The maximum atomic E-state index is 13.9. The van der Waals surface area contributed by atoms with Crippen LogP contribution in [0.1, 0.15) is 30.0 Å². The Morgan fingerprint density at radius 1 is 1.32 bits per heavy atom. The SMILES string of the molecule is CCNC(Cc1ccc(Br)cc1F)c1ccc(C)o1. The summed E-state index contributed by atoms with van der Waals surface area (Å²) < 4.78 is 20.3. The quantitative estimate of drug-likeness (QED) is 0.882. The van der Waals surface area contributed by atoms with Crippen molar-refractivity contribution in [2.75, 3.05) is 6.54 Å². The van der Waals surface area contributed by atoms with Crippen LogP contribution in [-0.2, 0) is 6.42 Å². The van der Waals surface area contributed by atoms with Crippen molar-refractivity contribution < 1.29 is 8.81 Å². The molecule has 1 aromatic heterocycles. The van der Waals surface area contributed by atoms with E-state index in [4.69, 9.17) is 4.42 Å². The fraction of sp³-hybridized carbons (Fsp3) is 0.333. The van der Waals surface area contributed by atoms with Crippen LogP contribution >= 0.6 is 15.9 Å². The van der Waals surface area contributed by atoms with E-state index in [1.54, 1.807) is 6.07 Å². The van der Waals surface area contributed by atoms with Crippen molar-refractivity contribution in [1.82, 2.24) is 5.32 Å². The molecule has 0 bridgehead atoms. The minimum Gasteiger partial charge on any atom is -0.465 e. The first kappa shape index (κ1) is 14.3. The minimum absolute atomic E-state index is 0.00521. The van der Waals surface area contributed by atoms with E-state index in [9.17, 15) is 4.39 Å². The van der Waals surface area contributed by atoms with Crippen molar-refractivity contribution in [3.63, 3.8) is 0 Å². The highest BCUT2D eigenvalue weighted by Gasteiger charge is 2.16. The lowest BCUT2D eigenvalue weighted by molar-refractivity contribution is 0.400. The maximum Gasteiger partial charge on any atom is 0.127 e. The van der Waals surface area contributed by atoms with Gasteiger partial charge >= 0.3 is 0 Å². The van der Waals surface area contributed by atoms with Crippen LogP contribution in [0.25, 0.3) is 0 Å². The average Bonchev–Trinajstić information content (AvgIpc) is 2.78. The summed E-state index contributed by atoms with van der Waals surface area (Å²) in [6.07, 6.45) is 0.569. The molecule has 1 unspecified atom stereocenters. The summed E-state index contributed by atoms with van der Waals surface area (Å²) in [5.41, 5.74) is 0.684.